The van der Waals surface area contributed by atoms with Crippen LogP contribution in [0.1, 0.15) is 5.82 Å². The predicted molar refractivity (Wildman–Crippen MR) is 127 cm³/mol. The second-order valence-corrected chi connectivity index (χ2v) is 9.15. The number of benzene rings is 2. The van der Waals surface area contributed by atoms with E-state index in [4.69, 9.17) is 20.8 Å². The van der Waals surface area contributed by atoms with Crippen molar-refractivity contribution in [2.75, 3.05) is 7.11 Å². The Bertz CT molecular complexity index is 1460. The van der Waals surface area contributed by atoms with Crippen LogP contribution in [0.15, 0.2) is 69.0 Å². The van der Waals surface area contributed by atoms with Gasteiger partial charge in [0, 0.05) is 15.5 Å². The molecule has 2 aromatic carbocycles. The molecule has 5 rings (SSSR count). The predicted octanol–water partition coefficient (Wildman–Crippen LogP) is 5.66. The van der Waals surface area contributed by atoms with Crippen molar-refractivity contribution in [2.24, 2.45) is 0 Å². The summed E-state index contributed by atoms with van der Waals surface area (Å²) in [7, 11) is 1.63. The summed E-state index contributed by atoms with van der Waals surface area (Å²) in [6.45, 7) is 0. The average Bonchev–Trinajstić information content (AvgIpc) is 3.45. The Morgan fingerprint density at radius 2 is 1.97 bits per heavy atom. The van der Waals surface area contributed by atoms with Crippen molar-refractivity contribution in [2.45, 2.75) is 11.0 Å². The number of hydrogen-bond donors (Lipinski definition) is 1. The first-order valence-corrected chi connectivity index (χ1v) is 11.7. The molecule has 0 aliphatic carbocycles. The lowest BCUT2D eigenvalue weighted by Crippen LogP contribution is -2.09. The van der Waals surface area contributed by atoms with Gasteiger partial charge in [0.1, 0.15) is 16.3 Å². The molecule has 32 heavy (non-hydrogen) atoms. The van der Waals surface area contributed by atoms with E-state index in [0.717, 1.165) is 21.8 Å². The van der Waals surface area contributed by atoms with Gasteiger partial charge in [-0.15, -0.1) is 21.5 Å². The topological polar surface area (TPSA) is 93.9 Å². The molecule has 0 bridgehead atoms. The van der Waals surface area contributed by atoms with Gasteiger partial charge in [-0.05, 0) is 54.1 Å². The standard InChI is InChI=1S/C22H15ClN4O3S2/c1-29-15-7-5-12(6-8-15)17-10-16-19(32-17)20(28)25-18(24-16)11-31-22-27-26-21(30-22)13-3-2-4-14(23)9-13/h2-10H,11H2,1H3,(H,24,25,28). The van der Waals surface area contributed by atoms with Crippen LogP contribution in [0.3, 0.4) is 0 Å². The summed E-state index contributed by atoms with van der Waals surface area (Å²) in [5, 5.41) is 9.09. The van der Waals surface area contributed by atoms with Crippen molar-refractivity contribution in [3.63, 3.8) is 0 Å². The minimum absolute atomic E-state index is 0.166. The molecule has 0 saturated heterocycles. The summed E-state index contributed by atoms with van der Waals surface area (Å²) in [5.74, 6) is 2.09. The maximum atomic E-state index is 12.6. The number of H-pyrrole nitrogens is 1. The van der Waals surface area contributed by atoms with Gasteiger partial charge in [-0.25, -0.2) is 4.98 Å². The third-order valence-corrected chi connectivity index (χ3v) is 6.85. The minimum Gasteiger partial charge on any atom is -0.497 e. The fourth-order valence-corrected chi connectivity index (χ4v) is 4.91. The fourth-order valence-electron chi connectivity index (χ4n) is 3.09. The number of methoxy groups -OCH3 is 1. The monoisotopic (exact) mass is 482 g/mol. The van der Waals surface area contributed by atoms with Crippen LogP contribution in [-0.4, -0.2) is 27.3 Å². The molecule has 0 amide bonds. The molecule has 0 fully saturated rings. The van der Waals surface area contributed by atoms with E-state index < -0.39 is 0 Å². The first-order valence-electron chi connectivity index (χ1n) is 9.48. The molecule has 0 spiro atoms. The van der Waals surface area contributed by atoms with Crippen LogP contribution in [0.5, 0.6) is 5.75 Å². The average molecular weight is 483 g/mol. The Balaban J connectivity index is 1.35. The third kappa shape index (κ3) is 4.27. The fraction of sp³-hybridized carbons (Fsp3) is 0.0909. The maximum Gasteiger partial charge on any atom is 0.277 e. The van der Waals surface area contributed by atoms with Gasteiger partial charge >= 0.3 is 0 Å². The molecular weight excluding hydrogens is 468 g/mol. The number of halogens is 1. The van der Waals surface area contributed by atoms with E-state index in [1.54, 1.807) is 19.2 Å². The number of hydrogen-bond acceptors (Lipinski definition) is 8. The molecule has 160 valence electrons. The molecule has 0 saturated carbocycles. The van der Waals surface area contributed by atoms with Gasteiger partial charge in [-0.2, -0.15) is 0 Å². The van der Waals surface area contributed by atoms with Crippen molar-refractivity contribution in [1.82, 2.24) is 20.2 Å². The van der Waals surface area contributed by atoms with Gasteiger partial charge in [0.05, 0.1) is 18.4 Å². The Kier molecular flexibility index (Phi) is 5.69. The molecular formula is C22H15ClN4O3S2. The summed E-state index contributed by atoms with van der Waals surface area (Å²) in [5.41, 5.74) is 2.24. The molecule has 3 aromatic heterocycles. The van der Waals surface area contributed by atoms with Crippen molar-refractivity contribution >= 4 is 44.9 Å². The second-order valence-electron chi connectivity index (χ2n) is 6.74. The second kappa shape index (κ2) is 8.78. The number of aromatic nitrogens is 4. The van der Waals surface area contributed by atoms with Crippen molar-refractivity contribution in [3.05, 3.63) is 75.8 Å². The molecule has 0 unspecified atom stereocenters. The van der Waals surface area contributed by atoms with Gasteiger partial charge in [0.2, 0.25) is 5.89 Å². The first-order chi connectivity index (χ1) is 15.6. The number of nitrogens with one attached hydrogen (secondary N) is 1. The number of thiophene rings is 1. The number of aromatic amines is 1. The molecule has 10 heteroatoms. The van der Waals surface area contributed by atoms with Crippen LogP contribution in [0.2, 0.25) is 5.02 Å². The molecule has 3 heterocycles. The van der Waals surface area contributed by atoms with Crippen LogP contribution < -0.4 is 10.3 Å². The quantitative estimate of drug-likeness (QED) is 0.312. The Morgan fingerprint density at radius 1 is 1.12 bits per heavy atom. The van der Waals surface area contributed by atoms with E-state index in [1.165, 1.54) is 23.1 Å². The van der Waals surface area contributed by atoms with Gasteiger partial charge in [0.15, 0.2) is 0 Å². The summed E-state index contributed by atoms with van der Waals surface area (Å²) in [6.07, 6.45) is 0. The van der Waals surface area contributed by atoms with Gasteiger partial charge < -0.3 is 14.1 Å². The summed E-state index contributed by atoms with van der Waals surface area (Å²) < 4.78 is 11.5. The lowest BCUT2D eigenvalue weighted by atomic mass is 10.2. The Morgan fingerprint density at radius 3 is 2.75 bits per heavy atom. The third-order valence-electron chi connectivity index (χ3n) is 4.62. The number of fused-ring (bicyclic) bond motifs is 1. The normalized spacial score (nSPS) is 11.2. The summed E-state index contributed by atoms with van der Waals surface area (Å²) in [4.78, 5) is 21.0. The largest absolute Gasteiger partial charge is 0.497 e. The van der Waals surface area contributed by atoms with Crippen LogP contribution >= 0.6 is 34.7 Å². The highest BCUT2D eigenvalue weighted by atomic mass is 35.5. The van der Waals surface area contributed by atoms with Gasteiger partial charge in [-0.3, -0.25) is 4.79 Å². The number of nitrogens with zero attached hydrogens (tertiary/aromatic N) is 3. The van der Waals surface area contributed by atoms with Crippen LogP contribution in [0, 0.1) is 0 Å². The van der Waals surface area contributed by atoms with E-state index in [-0.39, 0.29) is 5.56 Å². The zero-order chi connectivity index (χ0) is 22.1. The van der Waals surface area contributed by atoms with E-state index >= 15 is 0 Å². The van der Waals surface area contributed by atoms with Crippen LogP contribution in [0.25, 0.3) is 32.1 Å². The van der Waals surface area contributed by atoms with E-state index in [2.05, 4.69) is 20.2 Å². The highest BCUT2D eigenvalue weighted by Gasteiger charge is 2.13. The van der Waals surface area contributed by atoms with Crippen molar-refractivity contribution < 1.29 is 9.15 Å². The van der Waals surface area contributed by atoms with E-state index in [0.29, 0.717) is 37.9 Å². The zero-order valence-electron chi connectivity index (χ0n) is 16.7. The molecule has 0 atom stereocenters. The molecule has 0 aliphatic rings. The zero-order valence-corrected chi connectivity index (χ0v) is 19.1. The maximum absolute atomic E-state index is 12.6. The lowest BCUT2D eigenvalue weighted by Gasteiger charge is -2.00. The number of rotatable bonds is 6. The number of ether oxygens (including phenoxy) is 1. The lowest BCUT2D eigenvalue weighted by molar-refractivity contribution is 0.415. The van der Waals surface area contributed by atoms with E-state index in [1.807, 2.05) is 42.5 Å². The SMILES string of the molecule is COc1ccc(-c2cc3nc(CSc4nnc(-c5cccc(Cl)c5)o4)[nH]c(=O)c3s2)cc1. The first kappa shape index (κ1) is 20.7. The molecule has 0 radical (unpaired) electrons. The molecule has 7 nitrogen and oxygen atoms in total. The summed E-state index contributed by atoms with van der Waals surface area (Å²) >= 11 is 8.73. The molecule has 0 aliphatic heterocycles. The van der Waals surface area contributed by atoms with Gasteiger partial charge in [-0.1, -0.05) is 29.4 Å². The smallest absolute Gasteiger partial charge is 0.277 e. The van der Waals surface area contributed by atoms with Crippen LogP contribution in [-0.2, 0) is 5.75 Å². The molecule has 1 N–H and O–H groups in total. The molecule has 5 aromatic rings. The Labute approximate surface area is 195 Å². The number of thioether (sulfide) groups is 1. The van der Waals surface area contributed by atoms with Crippen molar-refractivity contribution in [3.8, 4) is 27.6 Å². The summed E-state index contributed by atoms with van der Waals surface area (Å²) in [6, 6.07) is 16.8. The highest BCUT2D eigenvalue weighted by Crippen LogP contribution is 2.32. The van der Waals surface area contributed by atoms with Crippen LogP contribution in [0.4, 0.5) is 0 Å². The highest BCUT2D eigenvalue weighted by molar-refractivity contribution is 7.98. The van der Waals surface area contributed by atoms with E-state index in [9.17, 15) is 4.79 Å². The Hall–Kier alpha value is -3.14. The van der Waals surface area contributed by atoms with Gasteiger partial charge in [0.25, 0.3) is 10.8 Å². The minimum atomic E-state index is -0.166. The van der Waals surface area contributed by atoms with Crippen molar-refractivity contribution in [1.29, 1.82) is 0 Å².